The third kappa shape index (κ3) is 3.87. The summed E-state index contributed by atoms with van der Waals surface area (Å²) in [7, 11) is 0. The van der Waals surface area contributed by atoms with Crippen LogP contribution in [0.1, 0.15) is 12.5 Å². The highest BCUT2D eigenvalue weighted by Crippen LogP contribution is 2.32. The smallest absolute Gasteiger partial charge is 0.248 e. The van der Waals surface area contributed by atoms with Gasteiger partial charge in [-0.15, -0.1) is 0 Å². The molecule has 0 saturated carbocycles. The van der Waals surface area contributed by atoms with E-state index in [9.17, 15) is 4.79 Å². The molecule has 0 aliphatic carbocycles. The lowest BCUT2D eigenvalue weighted by molar-refractivity contribution is -0.111. The van der Waals surface area contributed by atoms with E-state index in [0.29, 0.717) is 37.0 Å². The van der Waals surface area contributed by atoms with Crippen LogP contribution in [-0.2, 0) is 4.79 Å². The van der Waals surface area contributed by atoms with Crippen molar-refractivity contribution in [3.8, 4) is 17.2 Å². The second-order valence-electron chi connectivity index (χ2n) is 5.15. The lowest BCUT2D eigenvalue weighted by Crippen LogP contribution is -2.16. The van der Waals surface area contributed by atoms with Gasteiger partial charge in [-0.05, 0) is 31.2 Å². The summed E-state index contributed by atoms with van der Waals surface area (Å²) < 4.78 is 16.5. The van der Waals surface area contributed by atoms with Crippen LogP contribution in [0.4, 0.5) is 5.69 Å². The average molecular weight is 325 g/mol. The van der Waals surface area contributed by atoms with Gasteiger partial charge < -0.3 is 19.5 Å². The van der Waals surface area contributed by atoms with Crippen LogP contribution >= 0.6 is 0 Å². The fraction of sp³-hybridized carbons (Fsp3) is 0.211. The van der Waals surface area contributed by atoms with Crippen LogP contribution in [-0.4, -0.2) is 25.7 Å². The second kappa shape index (κ2) is 7.55. The van der Waals surface area contributed by atoms with E-state index in [1.807, 2.05) is 31.2 Å². The first-order chi connectivity index (χ1) is 11.8. The van der Waals surface area contributed by atoms with Gasteiger partial charge >= 0.3 is 0 Å². The monoisotopic (exact) mass is 325 g/mol. The average Bonchev–Trinajstić information content (AvgIpc) is 2.61. The first kappa shape index (κ1) is 15.9. The van der Waals surface area contributed by atoms with Crippen molar-refractivity contribution in [2.75, 3.05) is 25.1 Å². The zero-order valence-electron chi connectivity index (χ0n) is 13.5. The number of anilines is 1. The number of nitrogens with one attached hydrogen (secondary N) is 1. The SMILES string of the molecule is CCOc1ccccc1C=CC(=O)Nc1ccc2c(c1)OCCO2. The Kier molecular flexibility index (Phi) is 5.01. The quantitative estimate of drug-likeness (QED) is 0.855. The third-order valence-corrected chi connectivity index (χ3v) is 3.44. The van der Waals surface area contributed by atoms with Crippen LogP contribution in [0, 0.1) is 0 Å². The minimum Gasteiger partial charge on any atom is -0.493 e. The van der Waals surface area contributed by atoms with Crippen molar-refractivity contribution in [2.24, 2.45) is 0 Å². The summed E-state index contributed by atoms with van der Waals surface area (Å²) in [6.45, 7) is 3.56. The third-order valence-electron chi connectivity index (χ3n) is 3.44. The fourth-order valence-electron chi connectivity index (χ4n) is 2.38. The number of hydrogen-bond donors (Lipinski definition) is 1. The summed E-state index contributed by atoms with van der Waals surface area (Å²) in [6.07, 6.45) is 3.22. The molecular weight excluding hydrogens is 306 g/mol. The van der Waals surface area contributed by atoms with E-state index in [4.69, 9.17) is 14.2 Å². The molecule has 2 aromatic rings. The predicted octanol–water partition coefficient (Wildman–Crippen LogP) is 3.51. The molecule has 2 aromatic carbocycles. The molecule has 1 heterocycles. The Morgan fingerprint density at radius 2 is 1.96 bits per heavy atom. The number of para-hydroxylation sites is 1. The van der Waals surface area contributed by atoms with E-state index in [1.165, 1.54) is 6.08 Å². The van der Waals surface area contributed by atoms with Crippen LogP contribution in [0.5, 0.6) is 17.2 Å². The van der Waals surface area contributed by atoms with E-state index in [-0.39, 0.29) is 5.91 Å². The van der Waals surface area contributed by atoms with E-state index < -0.39 is 0 Å². The standard InChI is InChI=1S/C19H19NO4/c1-2-22-16-6-4-3-5-14(16)7-10-19(21)20-15-8-9-17-18(13-15)24-12-11-23-17/h3-10,13H,2,11-12H2,1H3,(H,20,21). The molecule has 24 heavy (non-hydrogen) atoms. The van der Waals surface area contributed by atoms with Gasteiger partial charge in [-0.25, -0.2) is 0 Å². The molecule has 0 atom stereocenters. The van der Waals surface area contributed by atoms with Crippen molar-refractivity contribution >= 4 is 17.7 Å². The first-order valence-corrected chi connectivity index (χ1v) is 7.87. The minimum atomic E-state index is -0.224. The zero-order valence-corrected chi connectivity index (χ0v) is 13.5. The highest BCUT2D eigenvalue weighted by atomic mass is 16.6. The van der Waals surface area contributed by atoms with Crippen LogP contribution in [0.2, 0.25) is 0 Å². The summed E-state index contributed by atoms with van der Waals surface area (Å²) in [4.78, 5) is 12.1. The Morgan fingerprint density at radius 1 is 1.17 bits per heavy atom. The molecule has 0 unspecified atom stereocenters. The normalized spacial score (nSPS) is 12.9. The molecule has 1 aliphatic rings. The van der Waals surface area contributed by atoms with Crippen LogP contribution < -0.4 is 19.5 Å². The fourth-order valence-corrected chi connectivity index (χ4v) is 2.38. The van der Waals surface area contributed by atoms with Gasteiger partial charge in [0.15, 0.2) is 11.5 Å². The van der Waals surface area contributed by atoms with Gasteiger partial charge in [-0.2, -0.15) is 0 Å². The topological polar surface area (TPSA) is 56.8 Å². The molecule has 0 fully saturated rings. The molecule has 0 radical (unpaired) electrons. The molecular formula is C19H19NO4. The first-order valence-electron chi connectivity index (χ1n) is 7.87. The van der Waals surface area contributed by atoms with Crippen LogP contribution in [0.3, 0.4) is 0 Å². The van der Waals surface area contributed by atoms with Gasteiger partial charge in [-0.1, -0.05) is 18.2 Å². The van der Waals surface area contributed by atoms with Crippen molar-refractivity contribution in [3.63, 3.8) is 0 Å². The number of rotatable bonds is 5. The van der Waals surface area contributed by atoms with Gasteiger partial charge in [0.25, 0.3) is 0 Å². The van der Waals surface area contributed by atoms with Gasteiger partial charge in [-0.3, -0.25) is 4.79 Å². The molecule has 0 aromatic heterocycles. The minimum absolute atomic E-state index is 0.224. The van der Waals surface area contributed by atoms with Crippen LogP contribution in [0.25, 0.3) is 6.08 Å². The summed E-state index contributed by atoms with van der Waals surface area (Å²) in [5.41, 5.74) is 1.52. The van der Waals surface area contributed by atoms with E-state index in [1.54, 1.807) is 24.3 Å². The number of benzene rings is 2. The van der Waals surface area contributed by atoms with Crippen molar-refractivity contribution < 1.29 is 19.0 Å². The van der Waals surface area contributed by atoms with Gasteiger partial charge in [0.1, 0.15) is 19.0 Å². The molecule has 0 saturated heterocycles. The molecule has 3 rings (SSSR count). The molecule has 5 nitrogen and oxygen atoms in total. The van der Waals surface area contributed by atoms with Gasteiger partial charge in [0.05, 0.1) is 6.61 Å². The van der Waals surface area contributed by atoms with Gasteiger partial charge in [0, 0.05) is 23.4 Å². The summed E-state index contributed by atoms with van der Waals surface area (Å²) in [6, 6.07) is 12.9. The van der Waals surface area contributed by atoms with Crippen LogP contribution in [0.15, 0.2) is 48.5 Å². The lowest BCUT2D eigenvalue weighted by atomic mass is 10.2. The Hall–Kier alpha value is -2.95. The number of carbonyl (C=O) groups excluding carboxylic acids is 1. The molecule has 1 N–H and O–H groups in total. The lowest BCUT2D eigenvalue weighted by Gasteiger charge is -2.18. The number of amides is 1. The Balaban J connectivity index is 1.67. The van der Waals surface area contributed by atoms with E-state index in [2.05, 4.69) is 5.32 Å². The summed E-state index contributed by atoms with van der Waals surface area (Å²) >= 11 is 0. The van der Waals surface area contributed by atoms with E-state index in [0.717, 1.165) is 11.3 Å². The molecule has 5 heteroatoms. The largest absolute Gasteiger partial charge is 0.493 e. The maximum Gasteiger partial charge on any atom is 0.248 e. The van der Waals surface area contributed by atoms with Crippen molar-refractivity contribution in [1.82, 2.24) is 0 Å². The number of ether oxygens (including phenoxy) is 3. The second-order valence-corrected chi connectivity index (χ2v) is 5.15. The summed E-state index contributed by atoms with van der Waals surface area (Å²) in [5, 5.41) is 2.81. The predicted molar refractivity (Wildman–Crippen MR) is 92.7 cm³/mol. The highest BCUT2D eigenvalue weighted by molar-refractivity contribution is 6.02. The number of hydrogen-bond acceptors (Lipinski definition) is 4. The van der Waals surface area contributed by atoms with Gasteiger partial charge in [0.2, 0.25) is 5.91 Å². The maximum absolute atomic E-state index is 12.1. The Morgan fingerprint density at radius 3 is 2.79 bits per heavy atom. The summed E-state index contributed by atoms with van der Waals surface area (Å²) in [5.74, 6) is 1.87. The molecule has 0 spiro atoms. The zero-order chi connectivity index (χ0) is 16.8. The van der Waals surface area contributed by atoms with Crippen molar-refractivity contribution in [3.05, 3.63) is 54.1 Å². The Labute approximate surface area is 140 Å². The molecule has 1 aliphatic heterocycles. The maximum atomic E-state index is 12.1. The van der Waals surface area contributed by atoms with Crippen molar-refractivity contribution in [2.45, 2.75) is 6.92 Å². The molecule has 124 valence electrons. The Bertz CT molecular complexity index is 755. The molecule has 0 bridgehead atoms. The van der Waals surface area contributed by atoms with E-state index >= 15 is 0 Å². The highest BCUT2D eigenvalue weighted by Gasteiger charge is 2.12. The number of fused-ring (bicyclic) bond motifs is 1. The number of carbonyl (C=O) groups is 1. The van der Waals surface area contributed by atoms with Crippen molar-refractivity contribution in [1.29, 1.82) is 0 Å². The molecule has 1 amide bonds.